The van der Waals surface area contributed by atoms with E-state index < -0.39 is 11.5 Å². The minimum atomic E-state index is -0.602. The molecule has 1 heterocycles. The molecule has 21 heavy (non-hydrogen) atoms. The predicted molar refractivity (Wildman–Crippen MR) is 68.9 cm³/mol. The fourth-order valence-electron chi connectivity index (χ4n) is 1.70. The van der Waals surface area contributed by atoms with Crippen molar-refractivity contribution in [1.82, 2.24) is 10.2 Å². The van der Waals surface area contributed by atoms with Crippen LogP contribution >= 0.6 is 0 Å². The zero-order chi connectivity index (χ0) is 15.4. The van der Waals surface area contributed by atoms with E-state index in [9.17, 15) is 10.1 Å². The first kappa shape index (κ1) is 14.7. The molecule has 1 N–H and O–H groups in total. The molecule has 1 aromatic heterocycles. The highest BCUT2D eigenvalue weighted by Gasteiger charge is 2.19. The monoisotopic (exact) mass is 295 g/mol. The van der Waals surface area contributed by atoms with Gasteiger partial charge in [0, 0.05) is 6.92 Å². The summed E-state index contributed by atoms with van der Waals surface area (Å²) < 4.78 is 15.6. The first-order valence-electron chi connectivity index (χ1n) is 5.93. The van der Waals surface area contributed by atoms with Crippen LogP contribution in [0.3, 0.4) is 0 Å². The molecule has 9 nitrogen and oxygen atoms in total. The molecule has 1 aromatic carbocycles. The lowest BCUT2D eigenvalue weighted by atomic mass is 10.1. The Labute approximate surface area is 119 Å². The number of hydrogen-bond donors (Lipinski definition) is 1. The van der Waals surface area contributed by atoms with Crippen LogP contribution in [0.5, 0.6) is 11.5 Å². The van der Waals surface area contributed by atoms with E-state index in [1.165, 1.54) is 19.2 Å². The highest BCUT2D eigenvalue weighted by Crippen LogP contribution is 2.35. The molecule has 0 aliphatic heterocycles. The van der Waals surface area contributed by atoms with E-state index in [1.54, 1.807) is 6.92 Å². The second-order valence-corrected chi connectivity index (χ2v) is 4.05. The van der Waals surface area contributed by atoms with Gasteiger partial charge < -0.3 is 19.0 Å². The van der Waals surface area contributed by atoms with Gasteiger partial charge in [-0.3, -0.25) is 10.1 Å². The molecule has 112 valence electrons. The molecule has 0 atom stereocenters. The van der Waals surface area contributed by atoms with E-state index in [2.05, 4.69) is 10.2 Å². The average Bonchev–Trinajstić information content (AvgIpc) is 2.89. The first-order valence-corrected chi connectivity index (χ1v) is 5.93. The summed E-state index contributed by atoms with van der Waals surface area (Å²) in [4.78, 5) is 10.4. The Morgan fingerprint density at radius 1 is 1.38 bits per heavy atom. The van der Waals surface area contributed by atoms with Crippen LogP contribution in [-0.2, 0) is 13.2 Å². The Balaban J connectivity index is 2.28. The summed E-state index contributed by atoms with van der Waals surface area (Å²) >= 11 is 0. The molecule has 0 aliphatic carbocycles. The van der Waals surface area contributed by atoms with Crippen LogP contribution in [0, 0.1) is 17.0 Å². The number of benzene rings is 1. The zero-order valence-corrected chi connectivity index (χ0v) is 11.4. The van der Waals surface area contributed by atoms with E-state index in [4.69, 9.17) is 19.0 Å². The number of ether oxygens (including phenoxy) is 2. The molecule has 0 spiro atoms. The molecular weight excluding hydrogens is 282 g/mol. The average molecular weight is 295 g/mol. The normalized spacial score (nSPS) is 10.4. The van der Waals surface area contributed by atoms with Crippen LogP contribution in [-0.4, -0.2) is 27.3 Å². The van der Waals surface area contributed by atoms with E-state index in [0.29, 0.717) is 5.89 Å². The number of methoxy groups -OCH3 is 1. The predicted octanol–water partition coefficient (Wildman–Crippen LogP) is 1.37. The van der Waals surface area contributed by atoms with Gasteiger partial charge in [0.1, 0.15) is 0 Å². The third-order valence-electron chi connectivity index (χ3n) is 2.65. The van der Waals surface area contributed by atoms with Gasteiger partial charge in [-0.15, -0.1) is 10.2 Å². The topological polar surface area (TPSA) is 121 Å². The quantitative estimate of drug-likeness (QED) is 0.626. The summed E-state index contributed by atoms with van der Waals surface area (Å²) in [7, 11) is 1.39. The number of aromatic nitrogens is 2. The molecule has 9 heteroatoms. The number of nitrogens with zero attached hydrogens (tertiary/aromatic N) is 3. The summed E-state index contributed by atoms with van der Waals surface area (Å²) in [6.45, 7) is 1.11. The van der Waals surface area contributed by atoms with Crippen LogP contribution in [0.1, 0.15) is 17.3 Å². The number of aryl methyl sites for hydroxylation is 1. The van der Waals surface area contributed by atoms with Crippen molar-refractivity contribution in [3.8, 4) is 11.5 Å². The Morgan fingerprint density at radius 2 is 2.14 bits per heavy atom. The van der Waals surface area contributed by atoms with Crippen molar-refractivity contribution in [3.63, 3.8) is 0 Å². The van der Waals surface area contributed by atoms with Crippen molar-refractivity contribution in [1.29, 1.82) is 0 Å². The summed E-state index contributed by atoms with van der Waals surface area (Å²) in [5.74, 6) is 1.05. The van der Waals surface area contributed by atoms with Crippen molar-refractivity contribution in [2.75, 3.05) is 7.11 Å². The maximum atomic E-state index is 11.0. The van der Waals surface area contributed by atoms with Gasteiger partial charge in [-0.05, 0) is 6.07 Å². The van der Waals surface area contributed by atoms with Crippen LogP contribution in [0.2, 0.25) is 0 Å². The zero-order valence-electron chi connectivity index (χ0n) is 11.4. The third kappa shape index (κ3) is 3.26. The van der Waals surface area contributed by atoms with Gasteiger partial charge in [-0.25, -0.2) is 0 Å². The number of nitro groups is 1. The van der Waals surface area contributed by atoms with Crippen LogP contribution < -0.4 is 9.47 Å². The molecule has 0 amide bonds. The molecule has 2 rings (SSSR count). The molecule has 0 bridgehead atoms. The van der Waals surface area contributed by atoms with Crippen molar-refractivity contribution in [2.45, 2.75) is 20.1 Å². The molecule has 0 fully saturated rings. The van der Waals surface area contributed by atoms with E-state index in [0.717, 1.165) is 0 Å². The molecule has 0 saturated heterocycles. The Bertz CT molecular complexity index is 654. The third-order valence-corrected chi connectivity index (χ3v) is 2.65. The number of nitro benzene ring substituents is 1. The van der Waals surface area contributed by atoms with Crippen LogP contribution in [0.15, 0.2) is 16.5 Å². The van der Waals surface area contributed by atoms with Crippen molar-refractivity contribution < 1.29 is 23.9 Å². The number of rotatable bonds is 6. The Morgan fingerprint density at radius 3 is 2.67 bits per heavy atom. The van der Waals surface area contributed by atoms with Gasteiger partial charge in [0.25, 0.3) is 11.6 Å². The van der Waals surface area contributed by atoms with Gasteiger partial charge in [0.2, 0.25) is 5.89 Å². The van der Waals surface area contributed by atoms with Gasteiger partial charge in [0.05, 0.1) is 30.3 Å². The summed E-state index contributed by atoms with van der Waals surface area (Å²) in [6, 6.07) is 2.54. The minimum Gasteiger partial charge on any atom is -0.493 e. The fraction of sp³-hybridized carbons (Fsp3) is 0.333. The van der Waals surface area contributed by atoms with Gasteiger partial charge in [-0.2, -0.15) is 0 Å². The lowest BCUT2D eigenvalue weighted by molar-refractivity contribution is -0.386. The Hall–Kier alpha value is -2.68. The molecule has 0 unspecified atom stereocenters. The summed E-state index contributed by atoms with van der Waals surface area (Å²) in [6.07, 6.45) is 0. The van der Waals surface area contributed by atoms with E-state index in [-0.39, 0.29) is 35.2 Å². The van der Waals surface area contributed by atoms with Gasteiger partial charge in [-0.1, -0.05) is 0 Å². The number of aliphatic hydroxyl groups is 1. The second kappa shape index (κ2) is 6.18. The lowest BCUT2D eigenvalue weighted by Gasteiger charge is -2.10. The van der Waals surface area contributed by atoms with Crippen molar-refractivity contribution >= 4 is 5.69 Å². The van der Waals surface area contributed by atoms with Gasteiger partial charge >= 0.3 is 0 Å². The standard InChI is InChI=1S/C12H13N3O6/c1-7-13-14-12(21-7)6-20-11-4-9(15(17)18)8(5-16)3-10(11)19-2/h3-4,16H,5-6H2,1-2H3. The minimum absolute atomic E-state index is 0.0488. The highest BCUT2D eigenvalue weighted by atomic mass is 16.6. The number of aliphatic hydroxyl groups excluding tert-OH is 1. The van der Waals surface area contributed by atoms with E-state index >= 15 is 0 Å². The highest BCUT2D eigenvalue weighted by molar-refractivity contribution is 5.54. The SMILES string of the molecule is COc1cc(CO)c([N+](=O)[O-])cc1OCc1nnc(C)o1. The smallest absolute Gasteiger partial charge is 0.278 e. The summed E-state index contributed by atoms with van der Waals surface area (Å²) in [5.41, 5.74) is -0.118. The summed E-state index contributed by atoms with van der Waals surface area (Å²) in [5, 5.41) is 27.5. The van der Waals surface area contributed by atoms with Gasteiger partial charge in [0.15, 0.2) is 18.1 Å². The molecular formula is C12H13N3O6. The van der Waals surface area contributed by atoms with Crippen LogP contribution in [0.4, 0.5) is 5.69 Å². The molecule has 2 aromatic rings. The lowest BCUT2D eigenvalue weighted by Crippen LogP contribution is -2.02. The maximum Gasteiger partial charge on any atom is 0.278 e. The van der Waals surface area contributed by atoms with Crippen molar-refractivity contribution in [2.24, 2.45) is 0 Å². The molecule has 0 saturated carbocycles. The maximum absolute atomic E-state index is 11.0. The first-order chi connectivity index (χ1) is 10.0. The van der Waals surface area contributed by atoms with Crippen LogP contribution in [0.25, 0.3) is 0 Å². The second-order valence-electron chi connectivity index (χ2n) is 4.05. The van der Waals surface area contributed by atoms with E-state index in [1.807, 2.05) is 0 Å². The number of hydrogen-bond acceptors (Lipinski definition) is 8. The molecule has 0 aliphatic rings. The van der Waals surface area contributed by atoms with Crippen molar-refractivity contribution in [3.05, 3.63) is 39.6 Å². The fourth-order valence-corrected chi connectivity index (χ4v) is 1.70. The molecule has 0 radical (unpaired) electrons. The largest absolute Gasteiger partial charge is 0.493 e. The Kier molecular flexibility index (Phi) is 4.33.